The standard InChI is InChI=1S/C26H22ClN3O3/c27-20-10-5-17(6-11-20)15-23(25(28)33-26(29)31)18-8-13-22(14-9-18)32-16-21-12-7-19-3-1-2-4-24(19)30-21/h1-15,26,28,31H,16,29H2. The topological polar surface area (TPSA) is 101 Å². The first-order chi connectivity index (χ1) is 16.0. The highest BCUT2D eigenvalue weighted by molar-refractivity contribution is 6.30. The molecule has 7 heteroatoms. The Morgan fingerprint density at radius 1 is 1.00 bits per heavy atom. The maximum absolute atomic E-state index is 9.35. The zero-order valence-electron chi connectivity index (χ0n) is 17.6. The van der Waals surface area contributed by atoms with E-state index in [0.29, 0.717) is 28.5 Å². The van der Waals surface area contributed by atoms with Gasteiger partial charge in [0.25, 0.3) is 6.41 Å². The van der Waals surface area contributed by atoms with E-state index in [-0.39, 0.29) is 5.90 Å². The number of halogens is 1. The van der Waals surface area contributed by atoms with Crippen LogP contribution in [0.3, 0.4) is 0 Å². The first kappa shape index (κ1) is 22.5. The van der Waals surface area contributed by atoms with E-state index in [9.17, 15) is 5.11 Å². The average molecular weight is 460 g/mol. The van der Waals surface area contributed by atoms with Gasteiger partial charge in [0.15, 0.2) is 0 Å². The Kier molecular flexibility index (Phi) is 7.00. The monoisotopic (exact) mass is 459 g/mol. The maximum atomic E-state index is 9.35. The number of nitrogens with two attached hydrogens (primary N) is 1. The third-order valence-electron chi connectivity index (χ3n) is 4.87. The van der Waals surface area contributed by atoms with Crippen LogP contribution in [-0.2, 0) is 11.3 Å². The maximum Gasteiger partial charge on any atom is 0.256 e. The van der Waals surface area contributed by atoms with Crippen LogP contribution >= 0.6 is 11.6 Å². The van der Waals surface area contributed by atoms with Gasteiger partial charge in [0.05, 0.1) is 11.2 Å². The van der Waals surface area contributed by atoms with Gasteiger partial charge >= 0.3 is 0 Å². The van der Waals surface area contributed by atoms with E-state index < -0.39 is 6.41 Å². The molecule has 4 N–H and O–H groups in total. The summed E-state index contributed by atoms with van der Waals surface area (Å²) in [4.78, 5) is 4.62. The Bertz CT molecular complexity index is 1290. The highest BCUT2D eigenvalue weighted by Crippen LogP contribution is 2.24. The predicted octanol–water partition coefficient (Wildman–Crippen LogP) is 5.24. The number of aliphatic hydroxyl groups is 1. The largest absolute Gasteiger partial charge is 0.487 e. The van der Waals surface area contributed by atoms with Crippen molar-refractivity contribution in [2.24, 2.45) is 5.73 Å². The van der Waals surface area contributed by atoms with Gasteiger partial charge in [-0.05, 0) is 53.6 Å². The molecule has 0 fully saturated rings. The zero-order chi connectivity index (χ0) is 23.2. The Morgan fingerprint density at radius 2 is 1.73 bits per heavy atom. The van der Waals surface area contributed by atoms with Gasteiger partial charge in [-0.2, -0.15) is 0 Å². The van der Waals surface area contributed by atoms with Crippen molar-refractivity contribution in [3.63, 3.8) is 0 Å². The van der Waals surface area contributed by atoms with E-state index in [1.807, 2.05) is 60.7 Å². The molecule has 0 amide bonds. The van der Waals surface area contributed by atoms with Crippen LogP contribution in [-0.4, -0.2) is 22.4 Å². The Hall–Kier alpha value is -3.71. The number of benzene rings is 3. The summed E-state index contributed by atoms with van der Waals surface area (Å²) < 4.78 is 10.9. The summed E-state index contributed by atoms with van der Waals surface area (Å²) in [6.45, 7) is 0.329. The number of fused-ring (bicyclic) bond motifs is 1. The molecule has 1 unspecified atom stereocenters. The van der Waals surface area contributed by atoms with Gasteiger partial charge in [-0.3, -0.25) is 11.1 Å². The highest BCUT2D eigenvalue weighted by Gasteiger charge is 2.13. The lowest BCUT2D eigenvalue weighted by atomic mass is 10.0. The molecule has 3 aromatic carbocycles. The van der Waals surface area contributed by atoms with Gasteiger partial charge in [-0.1, -0.05) is 60.1 Å². The molecule has 0 aliphatic heterocycles. The van der Waals surface area contributed by atoms with Crippen LogP contribution < -0.4 is 10.5 Å². The van der Waals surface area contributed by atoms with Gasteiger partial charge in [0, 0.05) is 16.0 Å². The number of ether oxygens (including phenoxy) is 2. The smallest absolute Gasteiger partial charge is 0.256 e. The van der Waals surface area contributed by atoms with Crippen LogP contribution in [0.2, 0.25) is 5.02 Å². The molecule has 166 valence electrons. The fraction of sp³-hybridized carbons (Fsp3) is 0.0769. The number of pyridine rings is 1. The number of hydrogen-bond acceptors (Lipinski definition) is 6. The van der Waals surface area contributed by atoms with Crippen molar-refractivity contribution in [3.8, 4) is 5.75 Å². The number of hydrogen-bond donors (Lipinski definition) is 3. The Labute approximate surface area is 196 Å². The van der Waals surface area contributed by atoms with Crippen LogP contribution in [0.15, 0.2) is 84.9 Å². The molecule has 4 aromatic rings. The zero-order valence-corrected chi connectivity index (χ0v) is 18.4. The van der Waals surface area contributed by atoms with Crippen molar-refractivity contribution >= 4 is 40.1 Å². The Morgan fingerprint density at radius 3 is 2.45 bits per heavy atom. The van der Waals surface area contributed by atoms with E-state index in [1.54, 1.807) is 30.3 Å². The van der Waals surface area contributed by atoms with Gasteiger partial charge in [-0.25, -0.2) is 4.98 Å². The number of aliphatic hydroxyl groups excluding tert-OH is 1. The van der Waals surface area contributed by atoms with E-state index >= 15 is 0 Å². The summed E-state index contributed by atoms with van der Waals surface area (Å²) in [5.74, 6) is 0.403. The molecule has 0 spiro atoms. The summed E-state index contributed by atoms with van der Waals surface area (Å²) in [7, 11) is 0. The summed E-state index contributed by atoms with van der Waals surface area (Å²) in [5, 5.41) is 19.3. The lowest BCUT2D eigenvalue weighted by Gasteiger charge is -2.14. The van der Waals surface area contributed by atoms with Crippen LogP contribution in [0.5, 0.6) is 5.75 Å². The number of rotatable bonds is 7. The van der Waals surface area contributed by atoms with Crippen LogP contribution in [0.1, 0.15) is 16.8 Å². The second-order valence-corrected chi connectivity index (χ2v) is 7.69. The summed E-state index contributed by atoms with van der Waals surface area (Å²) >= 11 is 5.96. The predicted molar refractivity (Wildman–Crippen MR) is 131 cm³/mol. The number of para-hydroxylation sites is 1. The molecule has 1 heterocycles. The van der Waals surface area contributed by atoms with Crippen LogP contribution in [0, 0.1) is 5.41 Å². The fourth-order valence-electron chi connectivity index (χ4n) is 3.27. The molecule has 0 saturated carbocycles. The van der Waals surface area contributed by atoms with Crippen molar-refractivity contribution in [2.45, 2.75) is 13.0 Å². The molecule has 4 rings (SSSR count). The molecule has 0 bridgehead atoms. The van der Waals surface area contributed by atoms with Crippen molar-refractivity contribution in [1.82, 2.24) is 4.98 Å². The lowest BCUT2D eigenvalue weighted by molar-refractivity contribution is -0.0203. The molecular formula is C26H22ClN3O3. The van der Waals surface area contributed by atoms with E-state index in [1.165, 1.54) is 0 Å². The first-order valence-corrected chi connectivity index (χ1v) is 10.6. The minimum absolute atomic E-state index is 0.256. The molecule has 6 nitrogen and oxygen atoms in total. The molecular weight excluding hydrogens is 438 g/mol. The third-order valence-corrected chi connectivity index (χ3v) is 5.12. The summed E-state index contributed by atoms with van der Waals surface area (Å²) in [6.07, 6.45) is 0.166. The SMILES string of the molecule is N=C(OC(N)O)C(=Cc1ccc(Cl)cc1)c1ccc(OCc2ccc3ccccc3n2)cc1. The minimum Gasteiger partial charge on any atom is -0.487 e. The van der Waals surface area contributed by atoms with Gasteiger partial charge in [0.2, 0.25) is 5.90 Å². The first-order valence-electron chi connectivity index (χ1n) is 10.2. The second-order valence-electron chi connectivity index (χ2n) is 7.26. The highest BCUT2D eigenvalue weighted by atomic mass is 35.5. The fourth-order valence-corrected chi connectivity index (χ4v) is 3.39. The minimum atomic E-state index is -1.59. The molecule has 33 heavy (non-hydrogen) atoms. The number of aromatic nitrogens is 1. The number of nitrogens with one attached hydrogen (secondary N) is 1. The van der Waals surface area contributed by atoms with Crippen molar-refractivity contribution in [3.05, 3.63) is 107 Å². The molecule has 0 aliphatic carbocycles. The number of nitrogens with zero attached hydrogens (tertiary/aromatic N) is 1. The lowest BCUT2D eigenvalue weighted by Crippen LogP contribution is -2.26. The van der Waals surface area contributed by atoms with Crippen molar-refractivity contribution in [2.75, 3.05) is 0 Å². The molecule has 1 atom stereocenters. The summed E-state index contributed by atoms with van der Waals surface area (Å²) in [5.41, 5.74) is 9.01. The second kappa shape index (κ2) is 10.3. The molecule has 0 saturated heterocycles. The van der Waals surface area contributed by atoms with E-state index in [0.717, 1.165) is 22.2 Å². The van der Waals surface area contributed by atoms with Gasteiger partial charge < -0.3 is 14.6 Å². The van der Waals surface area contributed by atoms with Gasteiger partial charge in [-0.15, -0.1) is 0 Å². The van der Waals surface area contributed by atoms with Gasteiger partial charge in [0.1, 0.15) is 12.4 Å². The Balaban J connectivity index is 1.52. The van der Waals surface area contributed by atoms with Crippen molar-refractivity contribution in [1.29, 1.82) is 5.41 Å². The average Bonchev–Trinajstić information content (AvgIpc) is 2.82. The molecule has 1 aromatic heterocycles. The normalized spacial score (nSPS) is 12.4. The quantitative estimate of drug-likeness (QED) is 0.152. The molecule has 0 radical (unpaired) electrons. The molecule has 0 aliphatic rings. The van der Waals surface area contributed by atoms with Crippen LogP contribution in [0.25, 0.3) is 22.6 Å². The summed E-state index contributed by atoms with van der Waals surface area (Å²) in [6, 6.07) is 26.3. The third kappa shape index (κ3) is 5.96. The van der Waals surface area contributed by atoms with E-state index in [2.05, 4.69) is 4.98 Å². The van der Waals surface area contributed by atoms with E-state index in [4.69, 9.17) is 32.2 Å². The van der Waals surface area contributed by atoms with Crippen LogP contribution in [0.4, 0.5) is 0 Å². The van der Waals surface area contributed by atoms with Crippen molar-refractivity contribution < 1.29 is 14.6 Å².